The average molecular weight is 1370 g/mol. The van der Waals surface area contributed by atoms with E-state index in [4.69, 9.17) is 9.47 Å². The quantitative estimate of drug-likeness (QED) is 0.0416. The third-order valence-corrected chi connectivity index (χ3v) is 22.5. The average Bonchev–Trinajstić information content (AvgIpc) is 0.726. The van der Waals surface area contributed by atoms with E-state index in [2.05, 4.69) is 112 Å². The number of hydrogen-bond acceptors (Lipinski definition) is 4. The zero-order valence-corrected chi connectivity index (χ0v) is 56.9. The van der Waals surface area contributed by atoms with Gasteiger partial charge in [0.15, 0.2) is 11.5 Å². The number of benzene rings is 7. The molecule has 0 fully saturated rings. The van der Waals surface area contributed by atoms with E-state index in [-0.39, 0.29) is 70.7 Å². The van der Waals surface area contributed by atoms with Crippen LogP contribution in [0.1, 0.15) is 99.9 Å². The first-order valence-electron chi connectivity index (χ1n) is 29.1. The third-order valence-electron chi connectivity index (χ3n) is 15.3. The summed E-state index contributed by atoms with van der Waals surface area (Å²) >= 11 is 0. The van der Waals surface area contributed by atoms with Gasteiger partial charge < -0.3 is 16.9 Å². The van der Waals surface area contributed by atoms with Gasteiger partial charge >= 0.3 is 24.7 Å². The normalized spacial score (nSPS) is 12.4. The summed E-state index contributed by atoms with van der Waals surface area (Å²) in [6.45, 7) is 22.8. The van der Waals surface area contributed by atoms with Crippen LogP contribution >= 0.6 is 15.4 Å². The number of nitrogens with zero attached hydrogens (tertiary/aromatic N) is 3. The molecule has 0 atom stereocenters. The maximum absolute atomic E-state index is 16.1. The van der Waals surface area contributed by atoms with Crippen LogP contribution in [0.25, 0.3) is 0 Å². The van der Waals surface area contributed by atoms with Gasteiger partial charge in [-0.25, -0.2) is 9.34 Å². The van der Waals surface area contributed by atoms with Gasteiger partial charge in [0.25, 0.3) is 7.44 Å². The number of aryl methyl sites for hydroxylation is 4. The Kier molecular flexibility index (Phi) is 26.9. The van der Waals surface area contributed by atoms with Crippen LogP contribution < -0.4 is 52.5 Å². The molecule has 0 aliphatic heterocycles. The Morgan fingerprint density at radius 1 is 0.413 bits per heavy atom. The summed E-state index contributed by atoms with van der Waals surface area (Å²) in [5.74, 6) is 1.66. The molecule has 1 heterocycles. The summed E-state index contributed by atoms with van der Waals surface area (Å²) in [7, 11) is -1.57. The molecule has 92 heavy (non-hydrogen) atoms. The van der Waals surface area contributed by atoms with Crippen LogP contribution in [-0.4, -0.2) is 58.9 Å². The molecule has 22 heteroatoms. The molecule has 8 rings (SSSR count). The topological polar surface area (TPSA) is 54.9 Å². The van der Waals surface area contributed by atoms with E-state index >= 15 is 4.57 Å². The molecule has 7 aromatic carbocycles. The second-order valence-corrected chi connectivity index (χ2v) is 28.2. The van der Waals surface area contributed by atoms with Crippen LogP contribution in [0.4, 0.5) is 52.7 Å². The smallest absolute Gasteiger partial charge is 0.416 e. The predicted molar refractivity (Wildman–Crippen MR) is 351 cm³/mol. The number of rotatable bonds is 16. The molecule has 0 unspecified atom stereocenters. The maximum Gasteiger partial charge on any atom is 0.416 e. The second-order valence-electron chi connectivity index (χ2n) is 23.4. The van der Waals surface area contributed by atoms with Crippen molar-refractivity contribution in [1.82, 2.24) is 14.3 Å². The summed E-state index contributed by atoms with van der Waals surface area (Å²) < 4.78 is 202. The number of halogens is 12. The van der Waals surface area contributed by atoms with Gasteiger partial charge in [0, 0.05) is 53.1 Å². The molecule has 500 valence electrons. The van der Waals surface area contributed by atoms with E-state index in [1.807, 2.05) is 48.5 Å². The van der Waals surface area contributed by atoms with Gasteiger partial charge in [0.1, 0.15) is 30.0 Å². The minimum absolute atomic E-state index is 0. The van der Waals surface area contributed by atoms with Crippen molar-refractivity contribution in [1.29, 1.82) is 0 Å². The van der Waals surface area contributed by atoms with Crippen molar-refractivity contribution in [2.45, 2.75) is 132 Å². The molecular weight excluding hydrogens is 1290 g/mol. The maximum atomic E-state index is 16.1. The van der Waals surface area contributed by atoms with E-state index in [9.17, 15) is 52.7 Å². The molecule has 1 aromatic heterocycles. The zero-order valence-electron chi connectivity index (χ0n) is 54.0. The van der Waals surface area contributed by atoms with Crippen LogP contribution in [0.3, 0.4) is 0 Å². The minimum atomic E-state index is -5.35. The third kappa shape index (κ3) is 17.9. The number of hydrogen-bond donors (Lipinski definition) is 0. The van der Waals surface area contributed by atoms with Crippen molar-refractivity contribution in [3.63, 3.8) is 0 Å². The van der Waals surface area contributed by atoms with Gasteiger partial charge in [-0.15, -0.1) is 0 Å². The van der Waals surface area contributed by atoms with Gasteiger partial charge in [-0.2, -0.15) is 74.5 Å². The standard InChI is InChI=1S/C32H24BF12.C32H46N2O3P2.C5H5N.CH3.Ni/c1-17-5-18(2)9-25(8-17)33(26-10-19(3)6-21(13-26)29(34,35)36,27-11-20(4)7-22(14-27)30(37,38)39)28-15-23(31(40,41)42)12-24(16-28)32(43,44)45;1-23(2)33(24(3)4)39(35,34(25(5)6)26(7)8)32-22-16-15-21-31(32)38(29-19-13-11-17-27(29)36-9)30-20-14-12-18-28(30)37-10;1-2-4-6-5-3-1;;/h5-16H,1-4H3;11-26H,1-10H3;1-5H;1H3;/q-1;;;-1;/p+1. The number of methoxy groups -OCH3 is 2. The van der Waals surface area contributed by atoms with Crippen LogP contribution in [0, 0.1) is 35.1 Å². The predicted octanol–water partition coefficient (Wildman–Crippen LogP) is 16.2. The van der Waals surface area contributed by atoms with Gasteiger partial charge in [-0.05, 0) is 150 Å². The molecule has 0 radical (unpaired) electrons. The zero-order chi connectivity index (χ0) is 67.1. The molecule has 6 nitrogen and oxygen atoms in total. The Morgan fingerprint density at radius 3 is 1.01 bits per heavy atom. The van der Waals surface area contributed by atoms with Crippen molar-refractivity contribution >= 4 is 64.6 Å². The molecule has 0 aliphatic carbocycles. The van der Waals surface area contributed by atoms with E-state index in [0.717, 1.165) is 57.0 Å². The van der Waals surface area contributed by atoms with Crippen molar-refractivity contribution in [3.8, 4) is 11.5 Å². The van der Waals surface area contributed by atoms with E-state index in [1.165, 1.54) is 26.0 Å². The van der Waals surface area contributed by atoms with Crippen LogP contribution in [-0.2, 0) is 45.8 Å². The fraction of sp³-hybridized carbons (Fsp3) is 0.314. The number of alkyl halides is 12. The summed E-state index contributed by atoms with van der Waals surface area (Å²) in [5, 5.41) is 4.21. The Hall–Kier alpha value is -6.41. The first kappa shape index (κ1) is 78.0. The fourth-order valence-electron chi connectivity index (χ4n) is 12.3. The Labute approximate surface area is 545 Å². The van der Waals surface area contributed by atoms with Gasteiger partial charge in [-0.1, -0.05) is 119 Å². The molecule has 0 saturated carbocycles. The molecule has 0 spiro atoms. The van der Waals surface area contributed by atoms with Crippen molar-refractivity contribution < 1.29 is 83.2 Å². The van der Waals surface area contributed by atoms with E-state index in [1.54, 1.807) is 46.5 Å². The monoisotopic (exact) mass is 1370 g/mol. The molecule has 0 aliphatic rings. The first-order valence-corrected chi connectivity index (χ1v) is 32.2. The number of para-hydroxylation sites is 2. The largest absolute Gasteiger partial charge is 0.493 e. The SMILES string of the molecule is COc1ccccc1[PH+](c1ccccc1OC)c1ccccc1P(=O)(N(C(C)C)C(C)C)N(C(C)C)C(C)C.Cc1cc(C)cc([B-](c2cc(C)cc(C(F)(F)F)c2)(c2cc(C)cc(C(F)(F)F)c2)c2cc(C(F)(F)F)cc(C(F)(F)F)c2)c1.[CH3-].[Ni].c1ccncc1. The first-order chi connectivity index (χ1) is 41.9. The molecular formula is C70H79BF12N3NiO3P2-. The summed E-state index contributed by atoms with van der Waals surface area (Å²) in [5.41, 5.74) is -7.05. The van der Waals surface area contributed by atoms with Gasteiger partial charge in [-0.3, -0.25) is 9.55 Å². The molecule has 0 amide bonds. The van der Waals surface area contributed by atoms with Crippen LogP contribution in [0.15, 0.2) is 176 Å². The number of pyridine rings is 1. The Morgan fingerprint density at radius 2 is 0.707 bits per heavy atom. The summed E-state index contributed by atoms with van der Waals surface area (Å²) in [6, 6.07) is 40.7. The second kappa shape index (κ2) is 31.7. The summed E-state index contributed by atoms with van der Waals surface area (Å²) in [4.78, 5) is 3.78. The van der Waals surface area contributed by atoms with Gasteiger partial charge in [0.2, 0.25) is 0 Å². The van der Waals surface area contributed by atoms with Crippen molar-refractivity contribution in [2.24, 2.45) is 0 Å². The Balaban J connectivity index is 0.000000354. The summed E-state index contributed by atoms with van der Waals surface area (Å²) in [6.07, 6.45) is -20.8. The Bertz CT molecular complexity index is 3540. The minimum Gasteiger partial charge on any atom is -0.493 e. The van der Waals surface area contributed by atoms with Crippen LogP contribution in [0.2, 0.25) is 0 Å². The molecule has 8 aromatic rings. The van der Waals surface area contributed by atoms with Crippen LogP contribution in [0.5, 0.6) is 11.5 Å². The molecule has 0 N–H and O–H groups in total. The number of aromatic nitrogens is 1. The van der Waals surface area contributed by atoms with Crippen molar-refractivity contribution in [3.05, 3.63) is 228 Å². The number of ether oxygens (including phenoxy) is 2. The fourth-order valence-corrected chi connectivity index (χ4v) is 19.8. The van der Waals surface area contributed by atoms with E-state index < -0.39 is 84.9 Å². The molecule has 0 saturated heterocycles. The van der Waals surface area contributed by atoms with Crippen molar-refractivity contribution in [2.75, 3.05) is 14.2 Å². The molecule has 0 bridgehead atoms. The van der Waals surface area contributed by atoms with Gasteiger partial charge in [0.05, 0.1) is 41.8 Å². The van der Waals surface area contributed by atoms with E-state index in [0.29, 0.717) is 35.4 Å².